The number of nitrogens with zero attached hydrogens (tertiary/aromatic N) is 3. The number of aryl methyl sites for hydroxylation is 1. The minimum Gasteiger partial charge on any atom is -0.459 e. The zero-order valence-electron chi connectivity index (χ0n) is 17.5. The summed E-state index contributed by atoms with van der Waals surface area (Å²) >= 11 is 11.4. The summed E-state index contributed by atoms with van der Waals surface area (Å²) in [5, 5.41) is 7.43. The highest BCUT2D eigenvalue weighted by atomic mass is 35.5. The van der Waals surface area contributed by atoms with Crippen molar-refractivity contribution in [3.05, 3.63) is 58.9 Å². The number of hydrogen-bond donors (Lipinski definition) is 2. The Balaban J connectivity index is 1.35. The Morgan fingerprint density at radius 3 is 2.55 bits per heavy atom. The Bertz CT molecular complexity index is 1030. The molecule has 0 atom stereocenters. The van der Waals surface area contributed by atoms with Crippen LogP contribution < -0.4 is 15.5 Å². The van der Waals surface area contributed by atoms with Gasteiger partial charge in [0.2, 0.25) is 5.95 Å². The van der Waals surface area contributed by atoms with E-state index < -0.39 is 0 Å². The minimum absolute atomic E-state index is 0.455. The van der Waals surface area contributed by atoms with Gasteiger partial charge in [-0.2, -0.15) is 4.98 Å². The summed E-state index contributed by atoms with van der Waals surface area (Å²) in [5.41, 5.74) is 1.89. The maximum atomic E-state index is 5.95. The monoisotopic (exact) mass is 455 g/mol. The molecule has 31 heavy (non-hydrogen) atoms. The van der Waals surface area contributed by atoms with Gasteiger partial charge in [-0.25, -0.2) is 4.98 Å². The average molecular weight is 456 g/mol. The van der Waals surface area contributed by atoms with Crippen molar-refractivity contribution in [3.8, 4) is 11.3 Å². The average Bonchev–Trinajstić information content (AvgIpc) is 3.05. The Morgan fingerprint density at radius 1 is 1.06 bits per heavy atom. The van der Waals surface area contributed by atoms with Crippen LogP contribution >= 0.6 is 23.8 Å². The summed E-state index contributed by atoms with van der Waals surface area (Å²) in [6.45, 7) is 4.51. The number of thiocarbonyl (C=S) groups is 1. The van der Waals surface area contributed by atoms with E-state index >= 15 is 0 Å². The Hall–Kier alpha value is -2.64. The number of rotatable bonds is 5. The number of anilines is 2. The topological polar surface area (TPSA) is 66.2 Å². The second-order valence-corrected chi connectivity index (χ2v) is 8.52. The van der Waals surface area contributed by atoms with Gasteiger partial charge in [0.25, 0.3) is 0 Å². The van der Waals surface area contributed by atoms with Gasteiger partial charge in [0.1, 0.15) is 17.3 Å². The molecular weight excluding hydrogens is 430 g/mol. The van der Waals surface area contributed by atoms with Crippen LogP contribution in [-0.2, 0) is 6.54 Å². The molecule has 4 rings (SSSR count). The van der Waals surface area contributed by atoms with E-state index in [2.05, 4.69) is 25.5 Å². The molecule has 0 bridgehead atoms. The van der Waals surface area contributed by atoms with Crippen molar-refractivity contribution in [2.45, 2.75) is 39.2 Å². The highest BCUT2D eigenvalue weighted by molar-refractivity contribution is 7.80. The SMILES string of the molecule is Cc1cc(N2CCCCCC2)nc(NC(=S)NCc2ccc(-c3ccc(Cl)cc3)o2)n1. The van der Waals surface area contributed by atoms with Gasteiger partial charge in [-0.1, -0.05) is 24.4 Å². The van der Waals surface area contributed by atoms with Gasteiger partial charge in [0, 0.05) is 35.4 Å². The predicted octanol–water partition coefficient (Wildman–Crippen LogP) is 5.57. The third-order valence-corrected chi connectivity index (χ3v) is 5.71. The normalized spacial score (nSPS) is 14.2. The second-order valence-electron chi connectivity index (χ2n) is 7.67. The van der Waals surface area contributed by atoms with E-state index in [9.17, 15) is 0 Å². The molecule has 1 saturated heterocycles. The first kappa shape index (κ1) is 21.6. The van der Waals surface area contributed by atoms with Crippen LogP contribution in [0, 0.1) is 6.92 Å². The van der Waals surface area contributed by atoms with Gasteiger partial charge in [0.15, 0.2) is 5.11 Å². The number of halogens is 1. The number of hydrogen-bond acceptors (Lipinski definition) is 5. The summed E-state index contributed by atoms with van der Waals surface area (Å²) in [5.74, 6) is 3.04. The van der Waals surface area contributed by atoms with Crippen molar-refractivity contribution in [2.24, 2.45) is 0 Å². The lowest BCUT2D eigenvalue weighted by molar-refractivity contribution is 0.516. The Kier molecular flexibility index (Phi) is 7.04. The van der Waals surface area contributed by atoms with E-state index in [1.165, 1.54) is 25.7 Å². The van der Waals surface area contributed by atoms with Crippen LogP contribution in [0.15, 0.2) is 46.9 Å². The Morgan fingerprint density at radius 2 is 1.81 bits per heavy atom. The van der Waals surface area contributed by atoms with Crippen LogP contribution in [0.1, 0.15) is 37.1 Å². The summed E-state index contributed by atoms with van der Waals surface area (Å²) in [6.07, 6.45) is 4.97. The third kappa shape index (κ3) is 5.95. The summed E-state index contributed by atoms with van der Waals surface area (Å²) in [6, 6.07) is 13.5. The first-order valence-corrected chi connectivity index (χ1v) is 11.4. The van der Waals surface area contributed by atoms with E-state index in [0.717, 1.165) is 41.7 Å². The summed E-state index contributed by atoms with van der Waals surface area (Å²) in [4.78, 5) is 11.5. The number of furan rings is 1. The molecule has 162 valence electrons. The highest BCUT2D eigenvalue weighted by Crippen LogP contribution is 2.24. The fraction of sp³-hybridized carbons (Fsp3) is 0.348. The fourth-order valence-corrected chi connectivity index (χ4v) is 3.91. The molecule has 3 heterocycles. The third-order valence-electron chi connectivity index (χ3n) is 5.21. The van der Waals surface area contributed by atoms with E-state index in [1.807, 2.05) is 49.4 Å². The zero-order chi connectivity index (χ0) is 21.6. The number of benzene rings is 1. The van der Waals surface area contributed by atoms with Crippen molar-refractivity contribution in [1.29, 1.82) is 0 Å². The van der Waals surface area contributed by atoms with Crippen LogP contribution in [0.25, 0.3) is 11.3 Å². The van der Waals surface area contributed by atoms with Gasteiger partial charge in [-0.15, -0.1) is 0 Å². The maximum absolute atomic E-state index is 5.95. The first-order valence-electron chi connectivity index (χ1n) is 10.6. The summed E-state index contributed by atoms with van der Waals surface area (Å²) in [7, 11) is 0. The molecule has 8 heteroatoms. The molecule has 0 saturated carbocycles. The molecule has 1 aromatic carbocycles. The molecule has 0 spiro atoms. The van der Waals surface area contributed by atoms with Crippen LogP contribution in [0.2, 0.25) is 5.02 Å². The molecule has 6 nitrogen and oxygen atoms in total. The molecule has 0 aliphatic carbocycles. The standard InChI is InChI=1S/C23H26ClN5OS/c1-16-14-21(29-12-4-2-3-5-13-29)27-22(26-16)28-23(31)25-15-19-10-11-20(30-19)17-6-8-18(24)9-7-17/h6-11,14H,2-5,12-13,15H2,1H3,(H2,25,26,27,28,31). The van der Waals surface area contributed by atoms with Crippen LogP contribution in [-0.4, -0.2) is 28.2 Å². The smallest absolute Gasteiger partial charge is 0.231 e. The fourth-order valence-electron chi connectivity index (χ4n) is 3.62. The highest BCUT2D eigenvalue weighted by Gasteiger charge is 2.14. The van der Waals surface area contributed by atoms with Gasteiger partial charge >= 0.3 is 0 Å². The molecule has 1 aliphatic rings. The summed E-state index contributed by atoms with van der Waals surface area (Å²) < 4.78 is 5.91. The van der Waals surface area contributed by atoms with Gasteiger partial charge < -0.3 is 20.0 Å². The zero-order valence-corrected chi connectivity index (χ0v) is 19.1. The largest absolute Gasteiger partial charge is 0.459 e. The van der Waals surface area contributed by atoms with Crippen molar-refractivity contribution >= 4 is 40.7 Å². The maximum Gasteiger partial charge on any atom is 0.231 e. The lowest BCUT2D eigenvalue weighted by atomic mass is 10.2. The lowest BCUT2D eigenvalue weighted by Crippen LogP contribution is -2.30. The van der Waals surface area contributed by atoms with Crippen LogP contribution in [0.4, 0.5) is 11.8 Å². The molecule has 2 N–H and O–H groups in total. The van der Waals surface area contributed by atoms with Gasteiger partial charge in [-0.05, 0) is 68.4 Å². The van der Waals surface area contributed by atoms with E-state index in [1.54, 1.807) is 0 Å². The van der Waals surface area contributed by atoms with E-state index in [-0.39, 0.29) is 0 Å². The molecule has 2 aromatic heterocycles. The van der Waals surface area contributed by atoms with Crippen LogP contribution in [0.3, 0.4) is 0 Å². The van der Waals surface area contributed by atoms with Crippen molar-refractivity contribution in [2.75, 3.05) is 23.3 Å². The first-order chi connectivity index (χ1) is 15.1. The minimum atomic E-state index is 0.455. The molecule has 0 radical (unpaired) electrons. The lowest BCUT2D eigenvalue weighted by Gasteiger charge is -2.22. The van der Waals surface area contributed by atoms with Crippen LogP contribution in [0.5, 0.6) is 0 Å². The number of nitrogens with one attached hydrogen (secondary N) is 2. The molecule has 0 unspecified atom stereocenters. The van der Waals surface area contributed by atoms with Gasteiger partial charge in [0.05, 0.1) is 6.54 Å². The van der Waals surface area contributed by atoms with Crippen molar-refractivity contribution in [3.63, 3.8) is 0 Å². The molecule has 1 fully saturated rings. The molecule has 1 aliphatic heterocycles. The van der Waals surface area contributed by atoms with Gasteiger partial charge in [-0.3, -0.25) is 0 Å². The molecular formula is C23H26ClN5OS. The Labute approximate surface area is 193 Å². The molecule has 0 amide bonds. The second kappa shape index (κ2) is 10.1. The van der Waals surface area contributed by atoms with E-state index in [4.69, 9.17) is 28.2 Å². The predicted molar refractivity (Wildman–Crippen MR) is 130 cm³/mol. The van der Waals surface area contributed by atoms with E-state index in [0.29, 0.717) is 22.6 Å². The quantitative estimate of drug-likeness (QED) is 0.488. The number of aromatic nitrogens is 2. The van der Waals surface area contributed by atoms with Crippen molar-refractivity contribution < 1.29 is 4.42 Å². The molecule has 3 aromatic rings. The van der Waals surface area contributed by atoms with Crippen molar-refractivity contribution in [1.82, 2.24) is 15.3 Å².